The average Bonchev–Trinajstić information content (AvgIpc) is 2.75. The van der Waals surface area contributed by atoms with Crippen molar-refractivity contribution in [1.82, 2.24) is 4.90 Å². The van der Waals surface area contributed by atoms with E-state index in [0.29, 0.717) is 24.4 Å². The van der Waals surface area contributed by atoms with Crippen LogP contribution in [0.5, 0.6) is 5.75 Å². The number of hydrogen-bond acceptors (Lipinski definition) is 5. The van der Waals surface area contributed by atoms with Crippen molar-refractivity contribution in [2.45, 2.75) is 20.0 Å². The first-order chi connectivity index (χ1) is 14.8. The standard InChI is InChI=1S/C25H27N3O3/c1-4-6-19-10-20(18-8-5-7-17(9-18)12-26)11-23(22(19)13-27)31-21-14-28(15-21)24(30)25(2,3)16-29/h4-11,13,21,29H,1,14-16,27H2,2-3H3/b19-6-,22-13+. The Labute approximate surface area is 182 Å². The fourth-order valence-corrected chi connectivity index (χ4v) is 3.48. The second-order valence-electron chi connectivity index (χ2n) is 8.23. The topological polar surface area (TPSA) is 99.6 Å². The van der Waals surface area contributed by atoms with E-state index in [9.17, 15) is 15.2 Å². The van der Waals surface area contributed by atoms with Crippen LogP contribution in [-0.4, -0.2) is 41.7 Å². The first-order valence-corrected chi connectivity index (χ1v) is 10.1. The number of aliphatic hydroxyl groups is 1. The van der Waals surface area contributed by atoms with E-state index in [2.05, 4.69) is 12.6 Å². The summed E-state index contributed by atoms with van der Waals surface area (Å²) in [5.41, 5.74) is 7.45. The summed E-state index contributed by atoms with van der Waals surface area (Å²) in [4.78, 5) is 14.2. The molecule has 6 nitrogen and oxygen atoms in total. The molecule has 3 rings (SSSR count). The minimum Gasteiger partial charge on any atom is -0.486 e. The van der Waals surface area contributed by atoms with Crippen LogP contribution < -0.4 is 20.9 Å². The summed E-state index contributed by atoms with van der Waals surface area (Å²) in [6.45, 7) is 7.91. The van der Waals surface area contributed by atoms with Crippen molar-refractivity contribution in [3.05, 3.63) is 65.1 Å². The normalized spacial score (nSPS) is 15.4. The van der Waals surface area contributed by atoms with Gasteiger partial charge in [0, 0.05) is 11.4 Å². The number of nitrogens with two attached hydrogens (primary N) is 1. The van der Waals surface area contributed by atoms with E-state index in [4.69, 9.17) is 10.5 Å². The molecule has 2 aromatic carbocycles. The van der Waals surface area contributed by atoms with Crippen LogP contribution in [-0.2, 0) is 4.79 Å². The van der Waals surface area contributed by atoms with Gasteiger partial charge in [-0.15, -0.1) is 0 Å². The molecule has 0 unspecified atom stereocenters. The Morgan fingerprint density at radius 2 is 2.10 bits per heavy atom. The molecule has 0 bridgehead atoms. The molecule has 0 saturated carbocycles. The van der Waals surface area contributed by atoms with Gasteiger partial charge in [0.2, 0.25) is 5.91 Å². The minimum atomic E-state index is -0.807. The number of ether oxygens (including phenoxy) is 1. The first kappa shape index (κ1) is 22.1. The van der Waals surface area contributed by atoms with Gasteiger partial charge in [0.25, 0.3) is 0 Å². The summed E-state index contributed by atoms with van der Waals surface area (Å²) in [6.07, 6.45) is 4.86. The van der Waals surface area contributed by atoms with Crippen LogP contribution in [0.15, 0.2) is 49.1 Å². The van der Waals surface area contributed by atoms with Crippen LogP contribution in [0.2, 0.25) is 0 Å². The maximum atomic E-state index is 12.5. The summed E-state index contributed by atoms with van der Waals surface area (Å²) in [6, 6.07) is 13.4. The third-order valence-corrected chi connectivity index (χ3v) is 5.37. The van der Waals surface area contributed by atoms with Gasteiger partial charge in [0.1, 0.15) is 11.9 Å². The Morgan fingerprint density at radius 1 is 1.35 bits per heavy atom. The van der Waals surface area contributed by atoms with Crippen molar-refractivity contribution in [2.75, 3.05) is 19.7 Å². The molecule has 0 aromatic heterocycles. The van der Waals surface area contributed by atoms with Gasteiger partial charge in [-0.25, -0.2) is 0 Å². The van der Waals surface area contributed by atoms with Crippen molar-refractivity contribution in [3.63, 3.8) is 0 Å². The van der Waals surface area contributed by atoms with E-state index in [1.54, 1.807) is 30.9 Å². The zero-order valence-electron chi connectivity index (χ0n) is 17.8. The minimum absolute atomic E-state index is 0.0943. The van der Waals surface area contributed by atoms with Gasteiger partial charge in [-0.1, -0.05) is 30.9 Å². The van der Waals surface area contributed by atoms with Gasteiger partial charge in [-0.2, -0.15) is 5.26 Å². The Hall–Kier alpha value is -3.56. The summed E-state index contributed by atoms with van der Waals surface area (Å²) < 4.78 is 6.22. The van der Waals surface area contributed by atoms with E-state index in [1.165, 1.54) is 6.20 Å². The number of allylic oxidation sites excluding steroid dienone is 1. The highest BCUT2D eigenvalue weighted by molar-refractivity contribution is 5.83. The van der Waals surface area contributed by atoms with Crippen LogP contribution in [0.4, 0.5) is 0 Å². The molecule has 2 aromatic rings. The molecule has 0 atom stereocenters. The monoisotopic (exact) mass is 417 g/mol. The molecule has 1 saturated heterocycles. The molecule has 1 aliphatic heterocycles. The lowest BCUT2D eigenvalue weighted by Gasteiger charge is -2.42. The largest absolute Gasteiger partial charge is 0.486 e. The molecule has 3 N–H and O–H groups in total. The highest BCUT2D eigenvalue weighted by atomic mass is 16.5. The number of amides is 1. The van der Waals surface area contributed by atoms with E-state index in [1.807, 2.05) is 36.4 Å². The maximum absolute atomic E-state index is 12.5. The van der Waals surface area contributed by atoms with Gasteiger partial charge in [-0.05, 0) is 54.5 Å². The number of carbonyl (C=O) groups is 1. The third-order valence-electron chi connectivity index (χ3n) is 5.37. The number of likely N-dealkylation sites (tertiary alicyclic amines) is 1. The number of hydrogen-bond donors (Lipinski definition) is 2. The van der Waals surface area contributed by atoms with Gasteiger partial charge in [0.05, 0.1) is 36.7 Å². The highest BCUT2D eigenvalue weighted by Crippen LogP contribution is 2.26. The molecule has 160 valence electrons. The van der Waals surface area contributed by atoms with E-state index >= 15 is 0 Å². The fourth-order valence-electron chi connectivity index (χ4n) is 3.48. The number of benzene rings is 2. The van der Waals surface area contributed by atoms with Crippen LogP contribution in [0.25, 0.3) is 23.4 Å². The van der Waals surface area contributed by atoms with Gasteiger partial charge in [-0.3, -0.25) is 4.79 Å². The number of nitrogens with zero attached hydrogens (tertiary/aromatic N) is 2. The third kappa shape index (κ3) is 4.62. The van der Waals surface area contributed by atoms with E-state index in [-0.39, 0.29) is 18.6 Å². The summed E-state index contributed by atoms with van der Waals surface area (Å²) in [7, 11) is 0. The Balaban J connectivity index is 1.93. The molecule has 1 fully saturated rings. The van der Waals surface area contributed by atoms with Crippen LogP contribution in [0.1, 0.15) is 19.4 Å². The van der Waals surface area contributed by atoms with Gasteiger partial charge < -0.3 is 20.5 Å². The predicted octanol–water partition coefficient (Wildman–Crippen LogP) is 1.50. The SMILES string of the molecule is C=C/C=c1/cc(-c2cccc(C#N)c2)cc(OC2CN(C(=O)C(C)(C)CO)C2)/c1=C/N. The Bertz CT molecular complexity index is 1160. The van der Waals surface area contributed by atoms with Crippen LogP contribution >= 0.6 is 0 Å². The highest BCUT2D eigenvalue weighted by Gasteiger charge is 2.39. The number of carbonyl (C=O) groups excluding carboxylic acids is 1. The quantitative estimate of drug-likeness (QED) is 0.742. The smallest absolute Gasteiger partial charge is 0.230 e. The van der Waals surface area contributed by atoms with E-state index in [0.717, 1.165) is 21.6 Å². The molecule has 6 heteroatoms. The average molecular weight is 418 g/mol. The molecule has 0 spiro atoms. The zero-order valence-corrected chi connectivity index (χ0v) is 17.8. The van der Waals surface area contributed by atoms with Crippen molar-refractivity contribution < 1.29 is 14.6 Å². The second-order valence-corrected chi connectivity index (χ2v) is 8.23. The van der Waals surface area contributed by atoms with Crippen molar-refractivity contribution in [2.24, 2.45) is 11.1 Å². The molecule has 0 aliphatic carbocycles. The maximum Gasteiger partial charge on any atom is 0.230 e. The molecule has 0 radical (unpaired) electrons. The summed E-state index contributed by atoms with van der Waals surface area (Å²) >= 11 is 0. The number of nitriles is 1. The zero-order chi connectivity index (χ0) is 22.6. The second kappa shape index (κ2) is 9.07. The molecule has 1 heterocycles. The van der Waals surface area contributed by atoms with Gasteiger partial charge >= 0.3 is 0 Å². The number of rotatable bonds is 6. The lowest BCUT2D eigenvalue weighted by Crippen LogP contribution is -2.60. The Morgan fingerprint density at radius 3 is 2.71 bits per heavy atom. The predicted molar refractivity (Wildman–Crippen MR) is 121 cm³/mol. The van der Waals surface area contributed by atoms with Crippen molar-refractivity contribution in [3.8, 4) is 22.9 Å². The lowest BCUT2D eigenvalue weighted by molar-refractivity contribution is -0.151. The molecule has 1 aliphatic rings. The Kier molecular flexibility index (Phi) is 6.47. The summed E-state index contributed by atoms with van der Waals surface area (Å²) in [5.74, 6) is 0.511. The van der Waals surface area contributed by atoms with Crippen LogP contribution in [0.3, 0.4) is 0 Å². The number of aliphatic hydroxyl groups excluding tert-OH is 1. The first-order valence-electron chi connectivity index (χ1n) is 10.1. The van der Waals surface area contributed by atoms with Crippen molar-refractivity contribution in [1.29, 1.82) is 5.26 Å². The van der Waals surface area contributed by atoms with Gasteiger partial charge in [0.15, 0.2) is 0 Å². The lowest BCUT2D eigenvalue weighted by atomic mass is 9.91. The van der Waals surface area contributed by atoms with Crippen LogP contribution in [0, 0.1) is 16.7 Å². The molecular weight excluding hydrogens is 390 g/mol. The molecule has 31 heavy (non-hydrogen) atoms. The molecular formula is C25H27N3O3. The van der Waals surface area contributed by atoms with E-state index < -0.39 is 5.41 Å². The summed E-state index contributed by atoms with van der Waals surface area (Å²) in [5, 5.41) is 20.2. The molecule has 1 amide bonds. The van der Waals surface area contributed by atoms with Crippen molar-refractivity contribution >= 4 is 18.2 Å². The fraction of sp³-hybridized carbons (Fsp3) is 0.280.